The minimum absolute atomic E-state index is 0.101. The van der Waals surface area contributed by atoms with Gasteiger partial charge >= 0.3 is 0 Å². The van der Waals surface area contributed by atoms with Gasteiger partial charge in [-0.2, -0.15) is 0 Å². The SMILES string of the molecule is C=C1C[C@]2(CC)C(O)CCC2C2CCC3=CC(=O)CCC3C12. The van der Waals surface area contributed by atoms with Crippen LogP contribution in [-0.4, -0.2) is 17.0 Å². The van der Waals surface area contributed by atoms with Gasteiger partial charge in [-0.25, -0.2) is 0 Å². The van der Waals surface area contributed by atoms with Gasteiger partial charge in [-0.15, -0.1) is 0 Å². The van der Waals surface area contributed by atoms with E-state index in [4.69, 9.17) is 0 Å². The van der Waals surface area contributed by atoms with Crippen LogP contribution in [0.3, 0.4) is 0 Å². The van der Waals surface area contributed by atoms with E-state index in [0.717, 1.165) is 38.5 Å². The first kappa shape index (κ1) is 14.7. The van der Waals surface area contributed by atoms with Crippen LogP contribution in [0.2, 0.25) is 0 Å². The van der Waals surface area contributed by atoms with E-state index in [2.05, 4.69) is 13.5 Å². The van der Waals surface area contributed by atoms with Crippen LogP contribution in [0.25, 0.3) is 0 Å². The van der Waals surface area contributed by atoms with Crippen LogP contribution in [0.4, 0.5) is 0 Å². The van der Waals surface area contributed by atoms with Crippen molar-refractivity contribution in [3.63, 3.8) is 0 Å². The molecule has 4 aliphatic rings. The van der Waals surface area contributed by atoms with E-state index >= 15 is 0 Å². The van der Waals surface area contributed by atoms with Crippen LogP contribution < -0.4 is 0 Å². The number of carbonyl (C=O) groups is 1. The van der Waals surface area contributed by atoms with E-state index in [9.17, 15) is 9.90 Å². The molecule has 4 aliphatic carbocycles. The standard InChI is InChI=1S/C20H28O2/c1-3-20-11-12(2)19-15-7-5-14(21)10-13(15)4-6-16(19)17(20)8-9-18(20)22/h10,15-19,22H,2-9,11H2,1H3/t15?,16?,17?,18?,19?,20-/m0/s1. The average Bonchev–Trinajstić information content (AvgIpc) is 2.84. The number of allylic oxidation sites excluding steroid dienone is 2. The fraction of sp³-hybridized carbons (Fsp3) is 0.750. The molecule has 0 aromatic carbocycles. The smallest absolute Gasteiger partial charge is 0.155 e. The number of hydrogen-bond acceptors (Lipinski definition) is 2. The van der Waals surface area contributed by atoms with Crippen LogP contribution >= 0.6 is 0 Å². The Labute approximate surface area is 133 Å². The van der Waals surface area contributed by atoms with Crippen LogP contribution in [0.15, 0.2) is 23.8 Å². The predicted octanol–water partition coefficient (Wildman–Crippen LogP) is 4.05. The first-order chi connectivity index (χ1) is 10.6. The summed E-state index contributed by atoms with van der Waals surface area (Å²) in [5, 5.41) is 10.7. The lowest BCUT2D eigenvalue weighted by Gasteiger charge is -2.55. The lowest BCUT2D eigenvalue weighted by atomic mass is 9.50. The van der Waals surface area contributed by atoms with Crippen LogP contribution in [-0.2, 0) is 4.79 Å². The molecular weight excluding hydrogens is 272 g/mol. The van der Waals surface area contributed by atoms with Crippen molar-refractivity contribution in [1.29, 1.82) is 0 Å². The molecule has 120 valence electrons. The molecule has 22 heavy (non-hydrogen) atoms. The van der Waals surface area contributed by atoms with E-state index in [1.54, 1.807) is 0 Å². The highest BCUT2D eigenvalue weighted by molar-refractivity contribution is 5.91. The number of ketones is 1. The molecule has 0 aromatic heterocycles. The Morgan fingerprint density at radius 2 is 2.09 bits per heavy atom. The largest absolute Gasteiger partial charge is 0.393 e. The summed E-state index contributed by atoms with van der Waals surface area (Å²) in [6, 6.07) is 0. The lowest BCUT2D eigenvalue weighted by molar-refractivity contribution is -0.115. The Kier molecular flexibility index (Phi) is 3.38. The monoisotopic (exact) mass is 300 g/mol. The molecule has 4 rings (SSSR count). The molecule has 5 unspecified atom stereocenters. The molecular formula is C20H28O2. The minimum atomic E-state index is -0.134. The molecule has 0 saturated heterocycles. The zero-order valence-electron chi connectivity index (χ0n) is 13.7. The van der Waals surface area contributed by atoms with Crippen molar-refractivity contribution >= 4 is 5.78 Å². The zero-order chi connectivity index (χ0) is 15.5. The van der Waals surface area contributed by atoms with E-state index in [1.807, 2.05) is 6.08 Å². The van der Waals surface area contributed by atoms with Crippen LogP contribution in [0, 0.1) is 29.1 Å². The molecule has 0 aromatic rings. The van der Waals surface area contributed by atoms with Gasteiger partial charge in [0.15, 0.2) is 5.78 Å². The Morgan fingerprint density at radius 1 is 1.27 bits per heavy atom. The normalized spacial score (nSPS) is 47.5. The first-order valence-corrected chi connectivity index (χ1v) is 9.16. The second kappa shape index (κ2) is 5.06. The zero-order valence-corrected chi connectivity index (χ0v) is 13.7. The molecule has 0 bridgehead atoms. The Hall–Kier alpha value is -0.890. The molecule has 2 nitrogen and oxygen atoms in total. The number of aliphatic hydroxyl groups excluding tert-OH is 1. The van der Waals surface area contributed by atoms with Gasteiger partial charge in [0.25, 0.3) is 0 Å². The highest BCUT2D eigenvalue weighted by Gasteiger charge is 2.58. The van der Waals surface area contributed by atoms with Crippen molar-refractivity contribution in [1.82, 2.24) is 0 Å². The fourth-order valence-corrected chi connectivity index (χ4v) is 6.60. The van der Waals surface area contributed by atoms with Gasteiger partial charge in [-0.1, -0.05) is 24.6 Å². The van der Waals surface area contributed by atoms with Crippen molar-refractivity contribution < 1.29 is 9.90 Å². The molecule has 0 radical (unpaired) electrons. The molecule has 0 spiro atoms. The van der Waals surface area contributed by atoms with E-state index in [1.165, 1.54) is 24.0 Å². The number of carbonyl (C=O) groups excluding carboxylic acids is 1. The number of fused-ring (bicyclic) bond motifs is 5. The average molecular weight is 300 g/mol. The van der Waals surface area contributed by atoms with E-state index < -0.39 is 0 Å². The summed E-state index contributed by atoms with van der Waals surface area (Å²) in [7, 11) is 0. The number of rotatable bonds is 1. The van der Waals surface area contributed by atoms with Crippen molar-refractivity contribution in [3.8, 4) is 0 Å². The Bertz CT molecular complexity index is 546. The summed E-state index contributed by atoms with van der Waals surface area (Å²) in [4.78, 5) is 11.8. The minimum Gasteiger partial charge on any atom is -0.393 e. The van der Waals surface area contributed by atoms with Gasteiger partial charge in [0.2, 0.25) is 0 Å². The quantitative estimate of drug-likeness (QED) is 0.742. The Morgan fingerprint density at radius 3 is 2.86 bits per heavy atom. The van der Waals surface area contributed by atoms with Gasteiger partial charge in [-0.05, 0) is 74.7 Å². The van der Waals surface area contributed by atoms with Crippen molar-refractivity contribution in [2.24, 2.45) is 29.1 Å². The third kappa shape index (κ3) is 1.86. The third-order valence-electron chi connectivity index (χ3n) is 7.54. The van der Waals surface area contributed by atoms with E-state index in [0.29, 0.717) is 29.5 Å². The van der Waals surface area contributed by atoms with Gasteiger partial charge in [0, 0.05) is 11.8 Å². The highest BCUT2D eigenvalue weighted by atomic mass is 16.3. The summed E-state index contributed by atoms with van der Waals surface area (Å²) >= 11 is 0. The van der Waals surface area contributed by atoms with E-state index in [-0.39, 0.29) is 11.5 Å². The second-order valence-electron chi connectivity index (χ2n) is 8.18. The molecule has 0 aliphatic heterocycles. The van der Waals surface area contributed by atoms with Crippen molar-refractivity contribution in [2.45, 2.75) is 64.4 Å². The van der Waals surface area contributed by atoms with Crippen molar-refractivity contribution in [3.05, 3.63) is 23.8 Å². The molecule has 6 atom stereocenters. The first-order valence-electron chi connectivity index (χ1n) is 9.16. The highest BCUT2D eigenvalue weighted by Crippen LogP contribution is 2.64. The lowest BCUT2D eigenvalue weighted by Crippen LogP contribution is -2.49. The van der Waals surface area contributed by atoms with Gasteiger partial charge in [0.1, 0.15) is 0 Å². The Balaban J connectivity index is 1.70. The maximum atomic E-state index is 11.8. The van der Waals surface area contributed by atoms with Gasteiger partial charge in [0.05, 0.1) is 6.10 Å². The van der Waals surface area contributed by atoms with Gasteiger partial charge < -0.3 is 5.11 Å². The maximum absolute atomic E-state index is 11.8. The summed E-state index contributed by atoms with van der Waals surface area (Å²) in [5.41, 5.74) is 2.87. The molecule has 2 heteroatoms. The third-order valence-corrected chi connectivity index (χ3v) is 7.54. The summed E-state index contributed by atoms with van der Waals surface area (Å²) < 4.78 is 0. The molecule has 3 fully saturated rings. The second-order valence-corrected chi connectivity index (χ2v) is 8.18. The molecule has 1 N–H and O–H groups in total. The molecule has 0 heterocycles. The molecule has 0 amide bonds. The van der Waals surface area contributed by atoms with Gasteiger partial charge in [-0.3, -0.25) is 4.79 Å². The van der Waals surface area contributed by atoms with Crippen LogP contribution in [0.1, 0.15) is 58.3 Å². The predicted molar refractivity (Wildman–Crippen MR) is 87.2 cm³/mol. The summed E-state index contributed by atoms with van der Waals surface area (Å²) in [6.45, 7) is 6.73. The topological polar surface area (TPSA) is 37.3 Å². The summed E-state index contributed by atoms with van der Waals surface area (Å²) in [6.07, 6.45) is 10.1. The maximum Gasteiger partial charge on any atom is 0.155 e. The summed E-state index contributed by atoms with van der Waals surface area (Å²) in [5.74, 6) is 2.82. The molecule has 3 saturated carbocycles. The number of hydrogen-bond donors (Lipinski definition) is 1. The van der Waals surface area contributed by atoms with Crippen molar-refractivity contribution in [2.75, 3.05) is 0 Å². The fourth-order valence-electron chi connectivity index (χ4n) is 6.60. The number of aliphatic hydroxyl groups is 1. The van der Waals surface area contributed by atoms with Crippen LogP contribution in [0.5, 0.6) is 0 Å².